The molecule has 1 saturated carbocycles. The molecule has 3 N–H and O–H groups in total. The Labute approximate surface area is 151 Å². The van der Waals surface area contributed by atoms with Crippen molar-refractivity contribution in [2.45, 2.75) is 31.5 Å². The van der Waals surface area contributed by atoms with E-state index in [1.807, 2.05) is 11.0 Å². The summed E-state index contributed by atoms with van der Waals surface area (Å²) in [5.74, 6) is 0.405. The first kappa shape index (κ1) is 16.0. The molecule has 1 aliphatic heterocycles. The highest BCUT2D eigenvalue weighted by atomic mass is 19.1. The maximum atomic E-state index is 13.7. The van der Waals surface area contributed by atoms with Crippen LogP contribution < -0.4 is 21.3 Å². The number of nitrogens with zero attached hydrogens (tertiary/aromatic N) is 5. The molecule has 3 aromatic rings. The summed E-state index contributed by atoms with van der Waals surface area (Å²) in [5, 5.41) is 14.8. The lowest BCUT2D eigenvalue weighted by molar-refractivity contribution is 0.364. The van der Waals surface area contributed by atoms with Gasteiger partial charge in [0, 0.05) is 17.8 Å². The highest BCUT2D eigenvalue weighted by molar-refractivity contribution is 5.58. The first-order valence-electron chi connectivity index (χ1n) is 8.91. The van der Waals surface area contributed by atoms with Gasteiger partial charge in [-0.25, -0.2) is 14.2 Å². The number of imidazole rings is 1. The molecule has 4 heterocycles. The van der Waals surface area contributed by atoms with Gasteiger partial charge >= 0.3 is 5.69 Å². The number of anilines is 1. The van der Waals surface area contributed by atoms with Gasteiger partial charge in [0.05, 0.1) is 18.8 Å². The molecule has 3 aromatic heterocycles. The Morgan fingerprint density at radius 1 is 1.33 bits per heavy atom. The number of halogens is 1. The number of alkyl halides is 1. The maximum Gasteiger partial charge on any atom is 0.326 e. The maximum absolute atomic E-state index is 13.7. The van der Waals surface area contributed by atoms with E-state index in [1.165, 1.54) is 0 Å². The summed E-state index contributed by atoms with van der Waals surface area (Å²) in [6.45, 7) is 0.914. The van der Waals surface area contributed by atoms with Crippen molar-refractivity contribution in [3.8, 4) is 5.88 Å². The number of rotatable bonds is 3. The van der Waals surface area contributed by atoms with Crippen LogP contribution in [0.4, 0.5) is 10.2 Å². The normalized spacial score (nSPS) is 21.7. The van der Waals surface area contributed by atoms with E-state index in [-0.39, 0.29) is 17.6 Å². The van der Waals surface area contributed by atoms with Crippen molar-refractivity contribution in [1.29, 1.82) is 0 Å². The molecule has 1 saturated heterocycles. The number of aromatic amines is 2. The number of nitrogens with one attached hydrogen (secondary N) is 2. The van der Waals surface area contributed by atoms with Crippen LogP contribution in [0, 0.1) is 0 Å². The summed E-state index contributed by atoms with van der Waals surface area (Å²) >= 11 is 0. The number of aromatic hydroxyl groups is 1. The third kappa shape index (κ3) is 2.96. The first-order chi connectivity index (χ1) is 13.1. The molecule has 10 heteroatoms. The predicted molar refractivity (Wildman–Crippen MR) is 95.2 cm³/mol. The van der Waals surface area contributed by atoms with Crippen molar-refractivity contribution in [3.05, 3.63) is 39.1 Å². The van der Waals surface area contributed by atoms with Gasteiger partial charge in [0.15, 0.2) is 11.1 Å². The number of fused-ring (bicyclic) bond motifs is 1. The Bertz CT molecular complexity index is 1190. The summed E-state index contributed by atoms with van der Waals surface area (Å²) in [6.07, 6.45) is 4.92. The lowest BCUT2D eigenvalue weighted by atomic mass is 10.3. The fraction of sp³-hybridized carbons (Fsp3) is 0.412. The van der Waals surface area contributed by atoms with Crippen LogP contribution in [0.3, 0.4) is 0 Å². The Balaban J connectivity index is 1.71. The zero-order chi connectivity index (χ0) is 18.5. The monoisotopic (exact) mass is 371 g/mol. The van der Waals surface area contributed by atoms with Crippen LogP contribution in [0.25, 0.3) is 11.7 Å². The van der Waals surface area contributed by atoms with E-state index in [9.17, 15) is 14.3 Å². The summed E-state index contributed by atoms with van der Waals surface area (Å²) in [7, 11) is 0. The van der Waals surface area contributed by atoms with E-state index in [1.54, 1.807) is 16.8 Å². The number of aromatic nitrogens is 5. The van der Waals surface area contributed by atoms with E-state index in [0.29, 0.717) is 41.7 Å². The Morgan fingerprint density at radius 3 is 2.85 bits per heavy atom. The zero-order valence-corrected chi connectivity index (χ0v) is 14.4. The lowest BCUT2D eigenvalue weighted by Gasteiger charge is -2.16. The van der Waals surface area contributed by atoms with Crippen molar-refractivity contribution in [2.75, 3.05) is 18.0 Å². The second-order valence-corrected chi connectivity index (χ2v) is 6.99. The molecule has 0 bridgehead atoms. The van der Waals surface area contributed by atoms with Gasteiger partial charge in [-0.15, -0.1) is 0 Å². The van der Waals surface area contributed by atoms with E-state index in [2.05, 4.69) is 20.1 Å². The molecule has 27 heavy (non-hydrogen) atoms. The van der Waals surface area contributed by atoms with Crippen molar-refractivity contribution in [2.24, 2.45) is 4.99 Å². The summed E-state index contributed by atoms with van der Waals surface area (Å²) in [4.78, 5) is 27.4. The molecule has 140 valence electrons. The Morgan fingerprint density at radius 2 is 2.19 bits per heavy atom. The smallest absolute Gasteiger partial charge is 0.326 e. The quantitative estimate of drug-likeness (QED) is 0.580. The van der Waals surface area contributed by atoms with Crippen molar-refractivity contribution < 1.29 is 9.50 Å². The summed E-state index contributed by atoms with van der Waals surface area (Å²) < 4.78 is 15.3. The van der Waals surface area contributed by atoms with Gasteiger partial charge in [-0.1, -0.05) is 0 Å². The number of hydrogen-bond acceptors (Lipinski definition) is 6. The largest absolute Gasteiger partial charge is 0.493 e. The Hall–Kier alpha value is -3.17. The Kier molecular flexibility index (Phi) is 3.52. The standard InChI is InChI=1S/C17H18FN7O2/c18-10-3-4-24(8-10)13-6-14(20-11-1-2-11)25-15(22-13)9(7-19-25)5-12-16(26)23-17(27)21-12/h5-7,10-11,26H,1-4,8H2,(H2,21,23,27)/t10-/m1/s1. The summed E-state index contributed by atoms with van der Waals surface area (Å²) in [5.41, 5.74) is 0.953. The summed E-state index contributed by atoms with van der Waals surface area (Å²) in [6, 6.07) is 2.13. The van der Waals surface area contributed by atoms with Crippen molar-refractivity contribution in [3.63, 3.8) is 0 Å². The van der Waals surface area contributed by atoms with Crippen molar-refractivity contribution in [1.82, 2.24) is 24.6 Å². The molecule has 0 amide bonds. The van der Waals surface area contributed by atoms with Crippen LogP contribution in [0.5, 0.6) is 5.88 Å². The minimum atomic E-state index is -0.857. The van der Waals surface area contributed by atoms with Gasteiger partial charge < -0.3 is 15.0 Å². The van der Waals surface area contributed by atoms with E-state index < -0.39 is 11.9 Å². The van der Waals surface area contributed by atoms with Crippen LogP contribution in [-0.4, -0.2) is 55.0 Å². The molecule has 5 rings (SSSR count). The molecule has 0 unspecified atom stereocenters. The van der Waals surface area contributed by atoms with Gasteiger partial charge in [0.2, 0.25) is 5.88 Å². The van der Waals surface area contributed by atoms with Crippen LogP contribution in [0.1, 0.15) is 25.0 Å². The molecule has 0 radical (unpaired) electrons. The second-order valence-electron chi connectivity index (χ2n) is 6.99. The fourth-order valence-corrected chi connectivity index (χ4v) is 3.27. The molecular weight excluding hydrogens is 353 g/mol. The molecule has 0 spiro atoms. The van der Waals surface area contributed by atoms with Crippen LogP contribution >= 0.6 is 0 Å². The van der Waals surface area contributed by atoms with Crippen LogP contribution in [0.2, 0.25) is 0 Å². The minimum absolute atomic E-state index is 0.243. The average molecular weight is 371 g/mol. The van der Waals surface area contributed by atoms with Gasteiger partial charge in [-0.3, -0.25) is 9.98 Å². The molecule has 2 fully saturated rings. The van der Waals surface area contributed by atoms with E-state index in [0.717, 1.165) is 12.8 Å². The highest BCUT2D eigenvalue weighted by Crippen LogP contribution is 2.23. The van der Waals surface area contributed by atoms with Crippen molar-refractivity contribution >= 4 is 17.5 Å². The first-order valence-corrected chi connectivity index (χ1v) is 8.91. The van der Waals surface area contributed by atoms with E-state index in [4.69, 9.17) is 4.99 Å². The number of H-pyrrole nitrogens is 2. The molecule has 0 aromatic carbocycles. The number of hydrogen-bond donors (Lipinski definition) is 3. The van der Waals surface area contributed by atoms with Gasteiger partial charge in [-0.05, 0) is 25.3 Å². The van der Waals surface area contributed by atoms with Crippen LogP contribution in [0.15, 0.2) is 22.1 Å². The third-order valence-electron chi connectivity index (χ3n) is 4.82. The molecule has 2 aliphatic rings. The molecule has 9 nitrogen and oxygen atoms in total. The third-order valence-corrected chi connectivity index (χ3v) is 4.82. The highest BCUT2D eigenvalue weighted by Gasteiger charge is 2.25. The molecule has 1 atom stereocenters. The molecule has 1 aliphatic carbocycles. The van der Waals surface area contributed by atoms with Gasteiger partial charge in [0.25, 0.3) is 0 Å². The topological polar surface area (TPSA) is 115 Å². The fourth-order valence-electron chi connectivity index (χ4n) is 3.27. The minimum Gasteiger partial charge on any atom is -0.493 e. The van der Waals surface area contributed by atoms with Gasteiger partial charge in [-0.2, -0.15) is 9.61 Å². The average Bonchev–Trinajstić information content (AvgIpc) is 3.04. The van der Waals surface area contributed by atoms with Crippen LogP contribution in [-0.2, 0) is 0 Å². The lowest BCUT2D eigenvalue weighted by Crippen LogP contribution is -2.26. The van der Waals surface area contributed by atoms with Gasteiger partial charge in [0.1, 0.15) is 17.7 Å². The SMILES string of the molecule is O=c1[nH]c(O)c(C=c2cnn3c(=NC4CC4)cc(N4CC[C@@H](F)C4)nc23)[nH]1. The second kappa shape index (κ2) is 5.93. The van der Waals surface area contributed by atoms with E-state index >= 15 is 0 Å². The molecular formula is C17H18FN7O2. The zero-order valence-electron chi connectivity index (χ0n) is 14.4. The predicted octanol–water partition coefficient (Wildman–Crippen LogP) is -0.390.